The fraction of sp³-hybridized carbons (Fsp3) is 0.333. The molecule has 2 aromatic rings. The number of nitrogens with one attached hydrogen (secondary N) is 1. The van der Waals surface area contributed by atoms with Gasteiger partial charge in [-0.1, -0.05) is 34.5 Å². The molecule has 0 aliphatic rings. The first-order valence-corrected chi connectivity index (χ1v) is 7.69. The normalized spacial score (nSPS) is 12.0. The van der Waals surface area contributed by atoms with Crippen LogP contribution < -0.4 is 5.32 Å². The van der Waals surface area contributed by atoms with Crippen LogP contribution in [0.5, 0.6) is 0 Å². The molecule has 1 aromatic carbocycles. The van der Waals surface area contributed by atoms with Crippen LogP contribution in [0.15, 0.2) is 39.2 Å². The fourth-order valence-electron chi connectivity index (χ4n) is 1.89. The number of aliphatic hydroxyl groups is 1. The topological polar surface area (TPSA) is 45.4 Å². The fourth-order valence-corrected chi connectivity index (χ4v) is 2.66. The summed E-state index contributed by atoms with van der Waals surface area (Å²) in [4.78, 5) is 0. The van der Waals surface area contributed by atoms with Gasteiger partial charge in [-0.05, 0) is 36.8 Å². The molecule has 2 N–H and O–H groups in total. The predicted molar refractivity (Wildman–Crippen MR) is 92.1 cm³/mol. The summed E-state index contributed by atoms with van der Waals surface area (Å²) in [6.07, 6.45) is 0.878. The number of halogens is 3. The smallest absolute Gasteiger partial charge is 0.135 e. The maximum Gasteiger partial charge on any atom is 0.135 e. The van der Waals surface area contributed by atoms with Gasteiger partial charge in [0, 0.05) is 16.1 Å². The standard InChI is InChI=1S/C15H17BrClNO2.ClH/c1-2-11(9-19)18-8-12-4-6-15(20-12)13-5-3-10(16)7-14(13)17;/h3-7,11,18-19H,2,8-9H2,1H3;1H. The minimum absolute atomic E-state index is 0. The molecule has 21 heavy (non-hydrogen) atoms. The van der Waals surface area contributed by atoms with E-state index >= 15 is 0 Å². The average Bonchev–Trinajstić information content (AvgIpc) is 2.88. The van der Waals surface area contributed by atoms with Crippen LogP contribution in [0.25, 0.3) is 11.3 Å². The monoisotopic (exact) mass is 393 g/mol. The summed E-state index contributed by atoms with van der Waals surface area (Å²) in [6.45, 7) is 2.75. The Kier molecular flexibility index (Phi) is 7.77. The molecule has 0 saturated heterocycles. The van der Waals surface area contributed by atoms with Crippen LogP contribution in [0.2, 0.25) is 5.02 Å². The Morgan fingerprint density at radius 1 is 1.33 bits per heavy atom. The van der Waals surface area contributed by atoms with Crippen LogP contribution in [0.4, 0.5) is 0 Å². The van der Waals surface area contributed by atoms with E-state index in [-0.39, 0.29) is 25.1 Å². The molecule has 0 radical (unpaired) electrons. The van der Waals surface area contributed by atoms with Gasteiger partial charge in [0.05, 0.1) is 18.2 Å². The second-order valence-corrected chi connectivity index (χ2v) is 5.88. The Balaban J connectivity index is 0.00000220. The summed E-state index contributed by atoms with van der Waals surface area (Å²) in [7, 11) is 0. The van der Waals surface area contributed by atoms with Crippen LogP contribution in [-0.4, -0.2) is 17.8 Å². The van der Waals surface area contributed by atoms with Crippen molar-refractivity contribution in [1.29, 1.82) is 0 Å². The molecule has 0 saturated carbocycles. The second-order valence-electron chi connectivity index (χ2n) is 4.56. The van der Waals surface area contributed by atoms with Crippen LogP contribution >= 0.6 is 39.9 Å². The molecule has 0 aliphatic carbocycles. The van der Waals surface area contributed by atoms with Crippen molar-refractivity contribution in [2.24, 2.45) is 0 Å². The van der Waals surface area contributed by atoms with Crippen molar-refractivity contribution in [3.63, 3.8) is 0 Å². The van der Waals surface area contributed by atoms with Gasteiger partial charge in [0.25, 0.3) is 0 Å². The summed E-state index contributed by atoms with van der Waals surface area (Å²) in [6, 6.07) is 9.62. The van der Waals surface area contributed by atoms with Gasteiger partial charge in [0.1, 0.15) is 11.5 Å². The predicted octanol–water partition coefficient (Wildman–Crippen LogP) is 4.64. The molecule has 2 rings (SSSR count). The maximum absolute atomic E-state index is 9.13. The largest absolute Gasteiger partial charge is 0.460 e. The van der Waals surface area contributed by atoms with Crippen LogP contribution in [0, 0.1) is 0 Å². The zero-order valence-corrected chi connectivity index (χ0v) is 14.8. The van der Waals surface area contributed by atoms with Gasteiger partial charge in [-0.2, -0.15) is 0 Å². The lowest BCUT2D eigenvalue weighted by molar-refractivity contribution is 0.235. The number of rotatable bonds is 6. The summed E-state index contributed by atoms with van der Waals surface area (Å²) < 4.78 is 6.72. The van der Waals surface area contributed by atoms with Crippen molar-refractivity contribution in [2.75, 3.05) is 6.61 Å². The van der Waals surface area contributed by atoms with Gasteiger partial charge in [0.2, 0.25) is 0 Å². The highest BCUT2D eigenvalue weighted by molar-refractivity contribution is 9.10. The van der Waals surface area contributed by atoms with E-state index in [1.807, 2.05) is 37.3 Å². The third-order valence-electron chi connectivity index (χ3n) is 3.14. The quantitative estimate of drug-likeness (QED) is 0.749. The molecule has 0 amide bonds. The number of furan rings is 1. The first-order valence-electron chi connectivity index (χ1n) is 6.52. The molecule has 3 nitrogen and oxygen atoms in total. The van der Waals surface area contributed by atoms with Gasteiger partial charge < -0.3 is 14.8 Å². The molecule has 0 aliphatic heterocycles. The minimum atomic E-state index is 0. The average molecular weight is 395 g/mol. The Morgan fingerprint density at radius 2 is 2.10 bits per heavy atom. The van der Waals surface area contributed by atoms with Gasteiger partial charge in [-0.15, -0.1) is 12.4 Å². The second kappa shape index (κ2) is 8.81. The Morgan fingerprint density at radius 3 is 2.71 bits per heavy atom. The third-order valence-corrected chi connectivity index (χ3v) is 3.94. The van der Waals surface area contributed by atoms with Crippen LogP contribution in [-0.2, 0) is 6.54 Å². The molecule has 1 heterocycles. The highest BCUT2D eigenvalue weighted by Crippen LogP contribution is 2.31. The minimum Gasteiger partial charge on any atom is -0.460 e. The molecule has 0 spiro atoms. The van der Waals surface area contributed by atoms with E-state index < -0.39 is 0 Å². The molecule has 116 valence electrons. The molecular weight excluding hydrogens is 377 g/mol. The molecule has 1 unspecified atom stereocenters. The van der Waals surface area contributed by atoms with Gasteiger partial charge in [-0.25, -0.2) is 0 Å². The van der Waals surface area contributed by atoms with Crippen LogP contribution in [0.3, 0.4) is 0 Å². The zero-order chi connectivity index (χ0) is 14.5. The van der Waals surface area contributed by atoms with E-state index in [1.165, 1.54) is 0 Å². The highest BCUT2D eigenvalue weighted by atomic mass is 79.9. The van der Waals surface area contributed by atoms with E-state index in [9.17, 15) is 0 Å². The summed E-state index contributed by atoms with van der Waals surface area (Å²) in [5.74, 6) is 1.57. The Hall–Kier alpha value is -0.520. The third kappa shape index (κ3) is 5.01. The molecule has 6 heteroatoms. The van der Waals surface area contributed by atoms with Crippen molar-refractivity contribution in [3.8, 4) is 11.3 Å². The maximum atomic E-state index is 9.13. The van der Waals surface area contributed by atoms with Crippen molar-refractivity contribution in [2.45, 2.75) is 25.9 Å². The van der Waals surface area contributed by atoms with E-state index in [0.717, 1.165) is 28.0 Å². The first kappa shape index (κ1) is 18.5. The van der Waals surface area contributed by atoms with Crippen molar-refractivity contribution in [3.05, 3.63) is 45.6 Å². The number of hydrogen-bond acceptors (Lipinski definition) is 3. The molecule has 0 fully saturated rings. The summed E-state index contributed by atoms with van der Waals surface area (Å²) in [5.41, 5.74) is 0.871. The molecular formula is C15H18BrCl2NO2. The van der Waals surface area contributed by atoms with Gasteiger partial charge in [-0.3, -0.25) is 0 Å². The molecule has 0 bridgehead atoms. The zero-order valence-electron chi connectivity index (χ0n) is 11.6. The van der Waals surface area contributed by atoms with Crippen molar-refractivity contribution >= 4 is 39.9 Å². The summed E-state index contributed by atoms with van der Waals surface area (Å²) >= 11 is 9.59. The lowest BCUT2D eigenvalue weighted by atomic mass is 10.2. The molecule has 1 aromatic heterocycles. The highest BCUT2D eigenvalue weighted by Gasteiger charge is 2.10. The molecule has 1 atom stereocenters. The summed E-state index contributed by atoms with van der Waals surface area (Å²) in [5, 5.41) is 13.0. The van der Waals surface area contributed by atoms with E-state index in [4.69, 9.17) is 21.1 Å². The van der Waals surface area contributed by atoms with E-state index in [2.05, 4.69) is 21.2 Å². The number of benzene rings is 1. The number of hydrogen-bond donors (Lipinski definition) is 2. The van der Waals surface area contributed by atoms with Crippen LogP contribution in [0.1, 0.15) is 19.1 Å². The van der Waals surface area contributed by atoms with Gasteiger partial charge >= 0.3 is 0 Å². The van der Waals surface area contributed by atoms with Gasteiger partial charge in [0.15, 0.2) is 0 Å². The first-order chi connectivity index (χ1) is 9.63. The lowest BCUT2D eigenvalue weighted by Gasteiger charge is -2.12. The van der Waals surface area contributed by atoms with E-state index in [0.29, 0.717) is 11.6 Å². The lowest BCUT2D eigenvalue weighted by Crippen LogP contribution is -2.30. The van der Waals surface area contributed by atoms with Crippen molar-refractivity contribution < 1.29 is 9.52 Å². The SMILES string of the molecule is CCC(CO)NCc1ccc(-c2ccc(Br)cc2Cl)o1.Cl. The Bertz CT molecular complexity index is 571. The van der Waals surface area contributed by atoms with Crippen molar-refractivity contribution in [1.82, 2.24) is 5.32 Å². The number of aliphatic hydroxyl groups excluding tert-OH is 1. The Labute approximate surface area is 144 Å². The van der Waals surface area contributed by atoms with E-state index in [1.54, 1.807) is 0 Å².